The lowest BCUT2D eigenvalue weighted by atomic mass is 10.0. The molecule has 1 aromatic carbocycles. The molecule has 4 nitrogen and oxygen atoms in total. The van der Waals surface area contributed by atoms with Crippen LogP contribution in [-0.2, 0) is 6.54 Å². The molecule has 21 heavy (non-hydrogen) atoms. The van der Waals surface area contributed by atoms with Crippen molar-refractivity contribution in [2.75, 3.05) is 34.3 Å². The Kier molecular flexibility index (Phi) is 5.56. The van der Waals surface area contributed by atoms with Crippen LogP contribution in [0, 0.1) is 0 Å². The fourth-order valence-electron chi connectivity index (χ4n) is 2.89. The number of methoxy groups -OCH3 is 1. The van der Waals surface area contributed by atoms with Crippen molar-refractivity contribution in [2.45, 2.75) is 25.4 Å². The first kappa shape index (κ1) is 16.2. The lowest BCUT2D eigenvalue weighted by Gasteiger charge is -2.35. The molecule has 1 fully saturated rings. The van der Waals surface area contributed by atoms with Crippen LogP contribution in [0.3, 0.4) is 0 Å². The number of nitrogens with two attached hydrogens (primary N) is 1. The summed E-state index contributed by atoms with van der Waals surface area (Å²) in [5.41, 5.74) is 7.80. The molecule has 0 aliphatic carbocycles. The fourth-order valence-corrected chi connectivity index (χ4v) is 3.02. The normalized spacial score (nSPS) is 17.1. The van der Waals surface area contributed by atoms with Gasteiger partial charge in [0.2, 0.25) is 0 Å². The zero-order chi connectivity index (χ0) is 15.4. The molecular formula is C16H25N3OS. The molecule has 2 rings (SSSR count). The minimum absolute atomic E-state index is 0.435. The minimum atomic E-state index is 0.435. The lowest BCUT2D eigenvalue weighted by molar-refractivity contribution is 0.139. The van der Waals surface area contributed by atoms with Crippen LogP contribution in [0.1, 0.15) is 24.0 Å². The highest BCUT2D eigenvalue weighted by atomic mass is 32.1. The summed E-state index contributed by atoms with van der Waals surface area (Å²) in [5, 5.41) is 0. The van der Waals surface area contributed by atoms with Gasteiger partial charge < -0.3 is 15.4 Å². The third kappa shape index (κ3) is 4.15. The number of hydrogen-bond acceptors (Lipinski definition) is 4. The van der Waals surface area contributed by atoms with Gasteiger partial charge in [-0.25, -0.2) is 0 Å². The number of hydrogen-bond donors (Lipinski definition) is 1. The molecule has 1 aliphatic rings. The van der Waals surface area contributed by atoms with Gasteiger partial charge in [0.05, 0.1) is 7.11 Å². The topological polar surface area (TPSA) is 41.7 Å². The van der Waals surface area contributed by atoms with E-state index in [9.17, 15) is 0 Å². The molecule has 0 bridgehead atoms. The van der Waals surface area contributed by atoms with Gasteiger partial charge in [0.15, 0.2) is 0 Å². The van der Waals surface area contributed by atoms with Crippen molar-refractivity contribution < 1.29 is 4.74 Å². The van der Waals surface area contributed by atoms with Crippen LogP contribution in [0.2, 0.25) is 0 Å². The summed E-state index contributed by atoms with van der Waals surface area (Å²) in [4.78, 5) is 5.23. The summed E-state index contributed by atoms with van der Waals surface area (Å²) in [7, 11) is 6.03. The van der Waals surface area contributed by atoms with Crippen molar-refractivity contribution in [3.8, 4) is 5.75 Å². The van der Waals surface area contributed by atoms with Crippen molar-refractivity contribution >= 4 is 17.2 Å². The first-order chi connectivity index (χ1) is 10.0. The highest BCUT2D eigenvalue weighted by Crippen LogP contribution is 2.24. The number of benzene rings is 1. The maximum Gasteiger partial charge on any atom is 0.123 e. The summed E-state index contributed by atoms with van der Waals surface area (Å²) in [6.07, 6.45) is 2.43. The summed E-state index contributed by atoms with van der Waals surface area (Å²) < 4.78 is 5.46. The highest BCUT2D eigenvalue weighted by molar-refractivity contribution is 7.80. The quantitative estimate of drug-likeness (QED) is 0.841. The van der Waals surface area contributed by atoms with E-state index in [2.05, 4.69) is 30.0 Å². The summed E-state index contributed by atoms with van der Waals surface area (Å²) in [6, 6.07) is 6.63. The molecule has 0 unspecified atom stereocenters. The monoisotopic (exact) mass is 307 g/mol. The van der Waals surface area contributed by atoms with Crippen molar-refractivity contribution in [3.63, 3.8) is 0 Å². The van der Waals surface area contributed by atoms with Crippen LogP contribution in [0.5, 0.6) is 5.75 Å². The third-order valence-corrected chi connectivity index (χ3v) is 4.48. The predicted octanol–water partition coefficient (Wildman–Crippen LogP) is 1.86. The second-order valence-electron chi connectivity index (χ2n) is 5.86. The number of rotatable bonds is 5. The average molecular weight is 307 g/mol. The Hall–Kier alpha value is -1.17. The first-order valence-electron chi connectivity index (χ1n) is 7.36. The maximum atomic E-state index is 5.73. The molecule has 0 saturated carbocycles. The average Bonchev–Trinajstić information content (AvgIpc) is 2.47. The van der Waals surface area contributed by atoms with Crippen molar-refractivity contribution in [2.24, 2.45) is 5.73 Å². The van der Waals surface area contributed by atoms with Gasteiger partial charge in [-0.2, -0.15) is 0 Å². The van der Waals surface area contributed by atoms with Crippen LogP contribution in [0.4, 0.5) is 0 Å². The summed E-state index contributed by atoms with van der Waals surface area (Å²) in [5.74, 6) is 0.907. The van der Waals surface area contributed by atoms with E-state index in [0.29, 0.717) is 11.0 Å². The molecule has 0 aromatic heterocycles. The van der Waals surface area contributed by atoms with Gasteiger partial charge in [0.25, 0.3) is 0 Å². The van der Waals surface area contributed by atoms with Crippen LogP contribution >= 0.6 is 12.2 Å². The lowest BCUT2D eigenvalue weighted by Crippen LogP contribution is -2.41. The molecule has 1 aromatic rings. The molecule has 1 saturated heterocycles. The SMILES string of the molecule is COc1ccc(C(N)=S)cc1CN1CCC(N(C)C)CC1. The van der Waals surface area contributed by atoms with E-state index in [0.717, 1.165) is 36.5 Å². The Labute approximate surface area is 132 Å². The largest absolute Gasteiger partial charge is 0.496 e. The fraction of sp³-hybridized carbons (Fsp3) is 0.562. The number of nitrogens with zero attached hydrogens (tertiary/aromatic N) is 2. The number of piperidine rings is 1. The number of ether oxygens (including phenoxy) is 1. The van der Waals surface area contributed by atoms with E-state index in [1.807, 2.05) is 12.1 Å². The van der Waals surface area contributed by atoms with E-state index >= 15 is 0 Å². The van der Waals surface area contributed by atoms with E-state index in [1.165, 1.54) is 12.8 Å². The summed E-state index contributed by atoms with van der Waals surface area (Å²) in [6.45, 7) is 3.12. The van der Waals surface area contributed by atoms with E-state index in [1.54, 1.807) is 7.11 Å². The third-order valence-electron chi connectivity index (χ3n) is 4.25. The Balaban J connectivity index is 2.05. The zero-order valence-corrected chi connectivity index (χ0v) is 13.9. The molecule has 1 heterocycles. The standard InChI is InChI=1S/C16H25N3OS/c1-18(2)14-6-8-19(9-7-14)11-13-10-12(16(17)21)4-5-15(13)20-3/h4-5,10,14H,6-9,11H2,1-3H3,(H2,17,21). The van der Waals surface area contributed by atoms with Crippen molar-refractivity contribution in [3.05, 3.63) is 29.3 Å². The molecule has 5 heteroatoms. The van der Waals surface area contributed by atoms with Gasteiger partial charge in [0, 0.05) is 23.7 Å². The van der Waals surface area contributed by atoms with Crippen LogP contribution in [0.15, 0.2) is 18.2 Å². The highest BCUT2D eigenvalue weighted by Gasteiger charge is 2.21. The molecule has 116 valence electrons. The van der Waals surface area contributed by atoms with Gasteiger partial charge >= 0.3 is 0 Å². The first-order valence-corrected chi connectivity index (χ1v) is 7.77. The van der Waals surface area contributed by atoms with E-state index in [4.69, 9.17) is 22.7 Å². The second kappa shape index (κ2) is 7.20. The van der Waals surface area contributed by atoms with Gasteiger partial charge in [-0.3, -0.25) is 4.90 Å². The maximum absolute atomic E-state index is 5.73. The number of thiocarbonyl (C=S) groups is 1. The summed E-state index contributed by atoms with van der Waals surface area (Å²) >= 11 is 5.07. The molecule has 0 atom stereocenters. The molecule has 0 radical (unpaired) electrons. The van der Waals surface area contributed by atoms with E-state index in [-0.39, 0.29) is 0 Å². The Morgan fingerprint density at radius 2 is 2.05 bits per heavy atom. The van der Waals surface area contributed by atoms with Gasteiger partial charge in [-0.05, 0) is 58.2 Å². The Morgan fingerprint density at radius 3 is 2.57 bits per heavy atom. The minimum Gasteiger partial charge on any atom is -0.496 e. The number of likely N-dealkylation sites (tertiary alicyclic amines) is 1. The molecule has 1 aliphatic heterocycles. The molecular weight excluding hydrogens is 282 g/mol. The van der Waals surface area contributed by atoms with E-state index < -0.39 is 0 Å². The van der Waals surface area contributed by atoms with Gasteiger partial charge in [-0.15, -0.1) is 0 Å². The van der Waals surface area contributed by atoms with Crippen molar-refractivity contribution in [1.82, 2.24) is 9.80 Å². The van der Waals surface area contributed by atoms with Crippen LogP contribution in [-0.4, -0.2) is 55.1 Å². The zero-order valence-electron chi connectivity index (χ0n) is 13.1. The van der Waals surface area contributed by atoms with Crippen LogP contribution < -0.4 is 10.5 Å². The predicted molar refractivity (Wildman–Crippen MR) is 90.9 cm³/mol. The second-order valence-corrected chi connectivity index (χ2v) is 6.30. The Bertz CT molecular complexity index is 496. The molecule has 0 spiro atoms. The van der Waals surface area contributed by atoms with Gasteiger partial charge in [-0.1, -0.05) is 12.2 Å². The van der Waals surface area contributed by atoms with Crippen LogP contribution in [0.25, 0.3) is 0 Å². The van der Waals surface area contributed by atoms with Gasteiger partial charge in [0.1, 0.15) is 10.7 Å². The smallest absolute Gasteiger partial charge is 0.123 e. The molecule has 0 amide bonds. The van der Waals surface area contributed by atoms with Crippen molar-refractivity contribution in [1.29, 1.82) is 0 Å². The molecule has 2 N–H and O–H groups in total. The Morgan fingerprint density at radius 1 is 1.38 bits per heavy atom.